The maximum absolute atomic E-state index is 13.0. The number of rotatable bonds is 2. The number of imide groups is 1. The second-order valence-electron chi connectivity index (χ2n) is 5.68. The molecule has 1 aromatic heterocycles. The summed E-state index contributed by atoms with van der Waals surface area (Å²) in [6, 6.07) is 4.17. The zero-order valence-corrected chi connectivity index (χ0v) is 13.3. The minimum atomic E-state index is -0.794. The van der Waals surface area contributed by atoms with E-state index in [4.69, 9.17) is 0 Å². The summed E-state index contributed by atoms with van der Waals surface area (Å²) in [6.45, 7) is 2.98. The summed E-state index contributed by atoms with van der Waals surface area (Å²) in [4.78, 5) is 52.2. The van der Waals surface area contributed by atoms with Crippen LogP contribution in [-0.4, -0.2) is 27.3 Å². The molecular weight excluding hydrogens is 312 g/mol. The van der Waals surface area contributed by atoms with Crippen LogP contribution in [0.25, 0.3) is 10.9 Å². The van der Waals surface area contributed by atoms with Gasteiger partial charge in [0.2, 0.25) is 17.7 Å². The summed E-state index contributed by atoms with van der Waals surface area (Å²) < 4.78 is 1.29. The van der Waals surface area contributed by atoms with E-state index in [0.717, 1.165) is 0 Å². The normalized spacial score (nSPS) is 17.7. The number of nitrogens with zero attached hydrogens (tertiary/aromatic N) is 2. The van der Waals surface area contributed by atoms with Crippen LogP contribution in [0.3, 0.4) is 0 Å². The van der Waals surface area contributed by atoms with Gasteiger partial charge in [0, 0.05) is 13.3 Å². The number of anilines is 1. The fourth-order valence-electron chi connectivity index (χ4n) is 2.94. The maximum atomic E-state index is 13.0. The molecule has 2 N–H and O–H groups in total. The third-order valence-electron chi connectivity index (χ3n) is 3.94. The smallest absolute Gasteiger partial charge is 0.264 e. The lowest BCUT2D eigenvalue weighted by molar-refractivity contribution is -0.135. The Kier molecular flexibility index (Phi) is 3.88. The molecule has 8 heteroatoms. The van der Waals surface area contributed by atoms with Crippen LogP contribution in [0.15, 0.2) is 23.0 Å². The number of aryl methyl sites for hydroxylation is 1. The largest absolute Gasteiger partial charge is 0.326 e. The van der Waals surface area contributed by atoms with Gasteiger partial charge in [-0.3, -0.25) is 29.1 Å². The van der Waals surface area contributed by atoms with E-state index in [0.29, 0.717) is 17.0 Å². The zero-order chi connectivity index (χ0) is 17.4. The lowest BCUT2D eigenvalue weighted by Crippen LogP contribution is -2.45. The first-order valence-corrected chi connectivity index (χ1v) is 7.51. The van der Waals surface area contributed by atoms with Crippen LogP contribution in [-0.2, 0) is 14.4 Å². The predicted octanol–water partition coefficient (Wildman–Crippen LogP) is 0.641. The monoisotopic (exact) mass is 328 g/mol. The molecule has 1 aliphatic rings. The number of benzene rings is 1. The van der Waals surface area contributed by atoms with E-state index in [2.05, 4.69) is 15.6 Å². The van der Waals surface area contributed by atoms with Crippen LogP contribution in [0.1, 0.15) is 31.6 Å². The van der Waals surface area contributed by atoms with Crippen LogP contribution < -0.4 is 16.2 Å². The number of hydrogen-bond donors (Lipinski definition) is 2. The molecule has 1 saturated heterocycles. The Morgan fingerprint density at radius 1 is 1.33 bits per heavy atom. The fourth-order valence-corrected chi connectivity index (χ4v) is 2.94. The Hall–Kier alpha value is -3.03. The minimum Gasteiger partial charge on any atom is -0.326 e. The van der Waals surface area contributed by atoms with Crippen LogP contribution in [0.4, 0.5) is 5.69 Å². The van der Waals surface area contributed by atoms with E-state index in [9.17, 15) is 19.2 Å². The van der Waals surface area contributed by atoms with Crippen molar-refractivity contribution >= 4 is 34.3 Å². The van der Waals surface area contributed by atoms with Gasteiger partial charge in [0.15, 0.2) is 0 Å². The van der Waals surface area contributed by atoms with E-state index in [1.54, 1.807) is 25.1 Å². The van der Waals surface area contributed by atoms with Crippen molar-refractivity contribution in [2.45, 2.75) is 32.7 Å². The van der Waals surface area contributed by atoms with Gasteiger partial charge >= 0.3 is 0 Å². The summed E-state index contributed by atoms with van der Waals surface area (Å²) in [5.74, 6) is -0.804. The number of piperidine rings is 1. The van der Waals surface area contributed by atoms with Crippen LogP contribution in [0.5, 0.6) is 0 Å². The third kappa shape index (κ3) is 2.66. The van der Waals surface area contributed by atoms with Crippen molar-refractivity contribution in [3.05, 3.63) is 34.4 Å². The number of amides is 3. The molecular formula is C16H16N4O4. The first-order valence-electron chi connectivity index (χ1n) is 7.51. The molecule has 1 aliphatic heterocycles. The predicted molar refractivity (Wildman–Crippen MR) is 86.5 cm³/mol. The standard InChI is InChI=1S/C16H16N4O4/c1-8-17-10-4-3-5-11(18-9(2)21)14(10)16(24)20(8)12-6-7-13(22)19-15(12)23/h3-5,12H,6-7H2,1-2H3,(H,18,21)(H,19,22,23). The van der Waals surface area contributed by atoms with Crippen molar-refractivity contribution < 1.29 is 14.4 Å². The molecule has 0 aliphatic carbocycles. The highest BCUT2D eigenvalue weighted by Gasteiger charge is 2.30. The molecule has 24 heavy (non-hydrogen) atoms. The Bertz CT molecular complexity index is 932. The molecule has 2 heterocycles. The van der Waals surface area contributed by atoms with Crippen molar-refractivity contribution in [1.82, 2.24) is 14.9 Å². The second kappa shape index (κ2) is 5.88. The molecule has 1 unspecified atom stereocenters. The highest BCUT2D eigenvalue weighted by Crippen LogP contribution is 2.23. The molecule has 2 aromatic rings. The first kappa shape index (κ1) is 15.9. The number of aromatic nitrogens is 2. The van der Waals surface area contributed by atoms with Crippen molar-refractivity contribution in [2.24, 2.45) is 0 Å². The molecule has 1 aromatic carbocycles. The molecule has 124 valence electrons. The average molecular weight is 328 g/mol. The fraction of sp³-hybridized carbons (Fsp3) is 0.312. The third-order valence-corrected chi connectivity index (χ3v) is 3.94. The van der Waals surface area contributed by atoms with Crippen LogP contribution >= 0.6 is 0 Å². The van der Waals surface area contributed by atoms with Gasteiger partial charge in [0.05, 0.1) is 16.6 Å². The average Bonchev–Trinajstić information content (AvgIpc) is 2.48. The number of carbonyl (C=O) groups is 3. The van der Waals surface area contributed by atoms with Gasteiger partial charge in [-0.1, -0.05) is 6.07 Å². The first-order chi connectivity index (χ1) is 11.4. The Labute approximate surface area is 136 Å². The molecule has 3 rings (SSSR count). The second-order valence-corrected chi connectivity index (χ2v) is 5.68. The van der Waals surface area contributed by atoms with Gasteiger partial charge in [-0.05, 0) is 25.5 Å². The molecule has 0 radical (unpaired) electrons. The zero-order valence-electron chi connectivity index (χ0n) is 13.3. The lowest BCUT2D eigenvalue weighted by Gasteiger charge is -2.24. The highest BCUT2D eigenvalue weighted by molar-refractivity contribution is 6.01. The van der Waals surface area contributed by atoms with Gasteiger partial charge in [-0.25, -0.2) is 4.98 Å². The van der Waals surface area contributed by atoms with Crippen molar-refractivity contribution in [1.29, 1.82) is 0 Å². The van der Waals surface area contributed by atoms with Crippen molar-refractivity contribution in [3.8, 4) is 0 Å². The Balaban J connectivity index is 2.22. The summed E-state index contributed by atoms with van der Waals surface area (Å²) in [6.07, 6.45) is 0.397. The van der Waals surface area contributed by atoms with E-state index in [1.165, 1.54) is 11.5 Å². The number of carbonyl (C=O) groups excluding carboxylic acids is 3. The minimum absolute atomic E-state index is 0.160. The molecule has 8 nitrogen and oxygen atoms in total. The van der Waals surface area contributed by atoms with Crippen molar-refractivity contribution in [2.75, 3.05) is 5.32 Å². The Morgan fingerprint density at radius 2 is 2.08 bits per heavy atom. The van der Waals surface area contributed by atoms with Crippen LogP contribution in [0, 0.1) is 6.92 Å². The number of nitrogens with one attached hydrogen (secondary N) is 2. The van der Waals surface area contributed by atoms with Gasteiger partial charge in [0.1, 0.15) is 11.9 Å². The van der Waals surface area contributed by atoms with Gasteiger partial charge in [-0.15, -0.1) is 0 Å². The van der Waals surface area contributed by atoms with Crippen LogP contribution in [0.2, 0.25) is 0 Å². The topological polar surface area (TPSA) is 110 Å². The van der Waals surface area contributed by atoms with Gasteiger partial charge in [0.25, 0.3) is 5.56 Å². The van der Waals surface area contributed by atoms with E-state index in [1.807, 2.05) is 0 Å². The molecule has 3 amide bonds. The molecule has 1 atom stereocenters. The van der Waals surface area contributed by atoms with E-state index in [-0.39, 0.29) is 30.0 Å². The molecule has 0 bridgehead atoms. The van der Waals surface area contributed by atoms with E-state index >= 15 is 0 Å². The van der Waals surface area contributed by atoms with Gasteiger partial charge < -0.3 is 5.32 Å². The summed E-state index contributed by atoms with van der Waals surface area (Å²) in [5, 5.41) is 5.09. The highest BCUT2D eigenvalue weighted by atomic mass is 16.2. The lowest BCUT2D eigenvalue weighted by atomic mass is 10.1. The molecule has 0 saturated carbocycles. The van der Waals surface area contributed by atoms with Gasteiger partial charge in [-0.2, -0.15) is 0 Å². The maximum Gasteiger partial charge on any atom is 0.264 e. The van der Waals surface area contributed by atoms with Crippen molar-refractivity contribution in [3.63, 3.8) is 0 Å². The number of fused-ring (bicyclic) bond motifs is 1. The number of hydrogen-bond acceptors (Lipinski definition) is 5. The van der Waals surface area contributed by atoms with E-state index < -0.39 is 17.5 Å². The summed E-state index contributed by atoms with van der Waals surface area (Å²) in [5.41, 5.74) is 0.363. The Morgan fingerprint density at radius 3 is 2.75 bits per heavy atom. The SMILES string of the molecule is CC(=O)Nc1cccc2nc(C)n(C3CCC(=O)NC3=O)c(=O)c12. The molecule has 1 fully saturated rings. The molecule has 0 spiro atoms. The summed E-state index contributed by atoms with van der Waals surface area (Å²) in [7, 11) is 0. The summed E-state index contributed by atoms with van der Waals surface area (Å²) >= 11 is 0. The quantitative estimate of drug-likeness (QED) is 0.786.